The molecule has 0 spiro atoms. The number of rotatable bonds is 6. The van der Waals surface area contributed by atoms with Crippen molar-refractivity contribution in [3.05, 3.63) is 23.8 Å². The lowest BCUT2D eigenvalue weighted by Crippen LogP contribution is -2.35. The van der Waals surface area contributed by atoms with E-state index in [1.54, 1.807) is 4.90 Å². The summed E-state index contributed by atoms with van der Waals surface area (Å²) < 4.78 is 10.5. The predicted molar refractivity (Wildman–Crippen MR) is 77.0 cm³/mol. The van der Waals surface area contributed by atoms with Crippen molar-refractivity contribution in [2.75, 3.05) is 19.9 Å². The van der Waals surface area contributed by atoms with Gasteiger partial charge >= 0.3 is 0 Å². The Morgan fingerprint density at radius 1 is 1.19 bits per heavy atom. The third kappa shape index (κ3) is 3.87. The number of hydrogen-bond acceptors (Lipinski definition) is 4. The van der Waals surface area contributed by atoms with Crippen molar-refractivity contribution in [2.45, 2.75) is 26.8 Å². The normalized spacial score (nSPS) is 12.1. The van der Waals surface area contributed by atoms with E-state index in [-0.39, 0.29) is 25.0 Å². The Kier molecular flexibility index (Phi) is 5.03. The molecule has 0 saturated carbocycles. The van der Waals surface area contributed by atoms with Crippen LogP contribution < -0.4 is 14.8 Å². The number of fused-ring (bicyclic) bond motifs is 1. The van der Waals surface area contributed by atoms with E-state index in [0.29, 0.717) is 31.1 Å². The SMILES string of the molecule is CCN(CC)C(=O)CC(=O)NCc1ccc2c(c1)OCO2. The molecular weight excluding hydrogens is 272 g/mol. The van der Waals surface area contributed by atoms with Gasteiger partial charge in [-0.15, -0.1) is 0 Å². The maximum atomic E-state index is 11.8. The van der Waals surface area contributed by atoms with Gasteiger partial charge in [0, 0.05) is 19.6 Å². The highest BCUT2D eigenvalue weighted by atomic mass is 16.7. The van der Waals surface area contributed by atoms with E-state index in [0.717, 1.165) is 5.56 Å². The lowest BCUT2D eigenvalue weighted by Gasteiger charge is -2.18. The fourth-order valence-electron chi connectivity index (χ4n) is 2.14. The van der Waals surface area contributed by atoms with Gasteiger partial charge in [0.05, 0.1) is 0 Å². The zero-order valence-corrected chi connectivity index (χ0v) is 12.3. The summed E-state index contributed by atoms with van der Waals surface area (Å²) in [5.41, 5.74) is 0.905. The standard InChI is InChI=1S/C15H20N2O4/c1-3-17(4-2)15(19)8-14(18)16-9-11-5-6-12-13(7-11)21-10-20-12/h5-7H,3-4,8-10H2,1-2H3,(H,16,18). The van der Waals surface area contributed by atoms with Gasteiger partial charge in [-0.05, 0) is 31.5 Å². The molecule has 1 N–H and O–H groups in total. The lowest BCUT2D eigenvalue weighted by molar-refractivity contribution is -0.135. The average Bonchev–Trinajstić information content (AvgIpc) is 2.93. The molecule has 114 valence electrons. The molecule has 2 rings (SSSR count). The summed E-state index contributed by atoms with van der Waals surface area (Å²) in [5, 5.41) is 2.74. The van der Waals surface area contributed by atoms with Crippen LogP contribution in [0.1, 0.15) is 25.8 Å². The van der Waals surface area contributed by atoms with Gasteiger partial charge in [0.2, 0.25) is 18.6 Å². The molecule has 0 unspecified atom stereocenters. The van der Waals surface area contributed by atoms with Crippen LogP contribution in [0.2, 0.25) is 0 Å². The Hall–Kier alpha value is -2.24. The molecule has 0 fully saturated rings. The maximum Gasteiger partial charge on any atom is 0.231 e. The van der Waals surface area contributed by atoms with E-state index in [9.17, 15) is 9.59 Å². The molecule has 21 heavy (non-hydrogen) atoms. The summed E-state index contributed by atoms with van der Waals surface area (Å²) >= 11 is 0. The first-order chi connectivity index (χ1) is 10.1. The number of carbonyl (C=O) groups excluding carboxylic acids is 2. The lowest BCUT2D eigenvalue weighted by atomic mass is 10.2. The minimum atomic E-state index is -0.274. The molecule has 1 aromatic rings. The van der Waals surface area contributed by atoms with Crippen LogP contribution in [0, 0.1) is 0 Å². The van der Waals surface area contributed by atoms with E-state index in [1.807, 2.05) is 32.0 Å². The zero-order valence-electron chi connectivity index (χ0n) is 12.3. The highest BCUT2D eigenvalue weighted by molar-refractivity contribution is 5.96. The van der Waals surface area contributed by atoms with E-state index >= 15 is 0 Å². The molecule has 0 bridgehead atoms. The van der Waals surface area contributed by atoms with Crippen LogP contribution in [0.15, 0.2) is 18.2 Å². The van der Waals surface area contributed by atoms with Gasteiger partial charge in [0.25, 0.3) is 0 Å². The van der Waals surface area contributed by atoms with Gasteiger partial charge in [-0.25, -0.2) is 0 Å². The van der Waals surface area contributed by atoms with Crippen LogP contribution in [0.3, 0.4) is 0 Å². The number of ether oxygens (including phenoxy) is 2. The van der Waals surface area contributed by atoms with Crippen molar-refractivity contribution in [1.29, 1.82) is 0 Å². The molecular formula is C15H20N2O4. The molecule has 0 radical (unpaired) electrons. The number of nitrogens with zero attached hydrogens (tertiary/aromatic N) is 1. The van der Waals surface area contributed by atoms with Crippen molar-refractivity contribution < 1.29 is 19.1 Å². The number of carbonyl (C=O) groups is 2. The summed E-state index contributed by atoms with van der Waals surface area (Å²) in [6.07, 6.45) is -0.119. The summed E-state index contributed by atoms with van der Waals surface area (Å²) in [4.78, 5) is 25.2. The van der Waals surface area contributed by atoms with Crippen LogP contribution in [0.4, 0.5) is 0 Å². The Labute approximate surface area is 124 Å². The first-order valence-electron chi connectivity index (χ1n) is 7.07. The molecule has 1 aliphatic rings. The molecule has 1 aliphatic heterocycles. The van der Waals surface area contributed by atoms with Crippen LogP contribution in [0.25, 0.3) is 0 Å². The van der Waals surface area contributed by atoms with Crippen molar-refractivity contribution in [3.63, 3.8) is 0 Å². The Bertz CT molecular complexity index is 526. The van der Waals surface area contributed by atoms with E-state index in [2.05, 4.69) is 5.32 Å². The second-order valence-corrected chi connectivity index (χ2v) is 4.71. The molecule has 1 aromatic carbocycles. The zero-order chi connectivity index (χ0) is 15.2. The average molecular weight is 292 g/mol. The second-order valence-electron chi connectivity index (χ2n) is 4.71. The third-order valence-corrected chi connectivity index (χ3v) is 3.35. The minimum absolute atomic E-state index is 0.119. The summed E-state index contributed by atoms with van der Waals surface area (Å²) in [6, 6.07) is 5.50. The molecule has 6 heteroatoms. The molecule has 0 aromatic heterocycles. The first kappa shape index (κ1) is 15.2. The van der Waals surface area contributed by atoms with Gasteiger partial charge in [0.15, 0.2) is 11.5 Å². The third-order valence-electron chi connectivity index (χ3n) is 3.35. The van der Waals surface area contributed by atoms with Gasteiger partial charge in [-0.1, -0.05) is 6.07 Å². The molecule has 0 aliphatic carbocycles. The highest BCUT2D eigenvalue weighted by Crippen LogP contribution is 2.32. The number of amides is 2. The Morgan fingerprint density at radius 2 is 1.90 bits per heavy atom. The van der Waals surface area contributed by atoms with Gasteiger partial charge in [0.1, 0.15) is 6.42 Å². The predicted octanol–water partition coefficient (Wildman–Crippen LogP) is 1.29. The van der Waals surface area contributed by atoms with Crippen LogP contribution in [-0.4, -0.2) is 36.6 Å². The van der Waals surface area contributed by atoms with E-state index in [1.165, 1.54) is 0 Å². The fraction of sp³-hybridized carbons (Fsp3) is 0.467. The smallest absolute Gasteiger partial charge is 0.231 e. The molecule has 0 saturated heterocycles. The van der Waals surface area contributed by atoms with Crippen molar-refractivity contribution in [1.82, 2.24) is 10.2 Å². The largest absolute Gasteiger partial charge is 0.454 e. The van der Waals surface area contributed by atoms with Crippen LogP contribution in [-0.2, 0) is 16.1 Å². The number of hydrogen-bond donors (Lipinski definition) is 1. The minimum Gasteiger partial charge on any atom is -0.454 e. The monoisotopic (exact) mass is 292 g/mol. The summed E-state index contributed by atoms with van der Waals surface area (Å²) in [5.74, 6) is 0.968. The second kappa shape index (κ2) is 6.97. The molecule has 0 atom stereocenters. The van der Waals surface area contributed by atoms with Crippen molar-refractivity contribution in [2.24, 2.45) is 0 Å². The van der Waals surface area contributed by atoms with E-state index in [4.69, 9.17) is 9.47 Å². The molecule has 1 heterocycles. The molecule has 6 nitrogen and oxygen atoms in total. The molecule has 2 amide bonds. The summed E-state index contributed by atoms with van der Waals surface area (Å²) in [7, 11) is 0. The van der Waals surface area contributed by atoms with Gasteiger partial charge in [-0.3, -0.25) is 9.59 Å². The number of benzene rings is 1. The quantitative estimate of drug-likeness (QED) is 0.802. The Morgan fingerprint density at radius 3 is 2.62 bits per heavy atom. The first-order valence-corrected chi connectivity index (χ1v) is 7.07. The highest BCUT2D eigenvalue weighted by Gasteiger charge is 2.16. The van der Waals surface area contributed by atoms with Gasteiger partial charge < -0.3 is 19.7 Å². The fourth-order valence-corrected chi connectivity index (χ4v) is 2.14. The van der Waals surface area contributed by atoms with Gasteiger partial charge in [-0.2, -0.15) is 0 Å². The summed E-state index contributed by atoms with van der Waals surface area (Å²) in [6.45, 7) is 5.61. The van der Waals surface area contributed by atoms with Crippen molar-refractivity contribution >= 4 is 11.8 Å². The van der Waals surface area contributed by atoms with Crippen LogP contribution >= 0.6 is 0 Å². The van der Waals surface area contributed by atoms with Crippen molar-refractivity contribution in [3.8, 4) is 11.5 Å². The van der Waals surface area contributed by atoms with Crippen LogP contribution in [0.5, 0.6) is 11.5 Å². The topological polar surface area (TPSA) is 67.9 Å². The van der Waals surface area contributed by atoms with E-state index < -0.39 is 0 Å². The Balaban J connectivity index is 1.82. The number of nitrogens with one attached hydrogen (secondary N) is 1. The maximum absolute atomic E-state index is 11.8.